The minimum Gasteiger partial charge on any atom is -0.457 e. The molecular weight excluding hydrogens is 360 g/mol. The molecule has 6 atom stereocenters. The van der Waals surface area contributed by atoms with Crippen LogP contribution in [0.5, 0.6) is 0 Å². The van der Waals surface area contributed by atoms with Crippen LogP contribution in [0.4, 0.5) is 0 Å². The normalized spacial score (nSPS) is 30.4. The molecule has 3 N–H and O–H groups in total. The average Bonchev–Trinajstić information content (AvgIpc) is 2.60. The van der Waals surface area contributed by atoms with Gasteiger partial charge in [0.1, 0.15) is 18.3 Å². The Kier molecular flexibility index (Phi) is 9.68. The van der Waals surface area contributed by atoms with Gasteiger partial charge < -0.3 is 29.5 Å². The van der Waals surface area contributed by atoms with Crippen molar-refractivity contribution in [2.75, 3.05) is 0 Å². The fourth-order valence-electron chi connectivity index (χ4n) is 2.82. The van der Waals surface area contributed by atoms with Gasteiger partial charge in [-0.3, -0.25) is 14.4 Å². The zero-order chi connectivity index (χ0) is 20.6. The molecule has 0 amide bonds. The van der Waals surface area contributed by atoms with Crippen molar-refractivity contribution in [3.05, 3.63) is 0 Å². The van der Waals surface area contributed by atoms with Crippen molar-refractivity contribution in [3.63, 3.8) is 0 Å². The van der Waals surface area contributed by atoms with Crippen molar-refractivity contribution in [2.24, 2.45) is 0 Å². The maximum Gasteiger partial charge on any atom is 0.306 e. The Bertz CT molecular complexity index is 507. The van der Waals surface area contributed by atoms with E-state index in [0.717, 1.165) is 0 Å². The maximum absolute atomic E-state index is 11.9. The summed E-state index contributed by atoms with van der Waals surface area (Å²) in [4.78, 5) is 35.5. The maximum atomic E-state index is 11.9. The van der Waals surface area contributed by atoms with Gasteiger partial charge >= 0.3 is 17.9 Å². The molecule has 27 heavy (non-hydrogen) atoms. The Hall–Kier alpha value is -1.71. The molecule has 0 aromatic heterocycles. The van der Waals surface area contributed by atoms with Crippen molar-refractivity contribution < 1.29 is 43.9 Å². The van der Waals surface area contributed by atoms with Gasteiger partial charge in [0.15, 0.2) is 18.3 Å². The average molecular weight is 390 g/mol. The molecule has 1 saturated carbocycles. The highest BCUT2D eigenvalue weighted by molar-refractivity contribution is 5.71. The molecule has 0 unspecified atom stereocenters. The quantitative estimate of drug-likeness (QED) is 0.372. The van der Waals surface area contributed by atoms with E-state index >= 15 is 0 Å². The summed E-state index contributed by atoms with van der Waals surface area (Å²) in [6.45, 7) is 5.26. The van der Waals surface area contributed by atoms with E-state index in [1.807, 2.05) is 0 Å². The van der Waals surface area contributed by atoms with E-state index < -0.39 is 54.5 Å². The lowest BCUT2D eigenvalue weighted by Gasteiger charge is -2.44. The van der Waals surface area contributed by atoms with Gasteiger partial charge in [0.2, 0.25) is 0 Å². The molecule has 0 bridgehead atoms. The van der Waals surface area contributed by atoms with Crippen LogP contribution >= 0.6 is 0 Å². The number of carbonyl (C=O) groups is 3. The molecule has 9 heteroatoms. The van der Waals surface area contributed by atoms with Crippen molar-refractivity contribution in [2.45, 2.75) is 95.9 Å². The van der Waals surface area contributed by atoms with Gasteiger partial charge in [-0.2, -0.15) is 0 Å². The highest BCUT2D eigenvalue weighted by Crippen LogP contribution is 2.29. The Morgan fingerprint density at radius 2 is 0.889 bits per heavy atom. The second-order valence-corrected chi connectivity index (χ2v) is 6.59. The van der Waals surface area contributed by atoms with Gasteiger partial charge in [-0.1, -0.05) is 20.8 Å². The van der Waals surface area contributed by atoms with E-state index in [4.69, 9.17) is 14.2 Å². The summed E-state index contributed by atoms with van der Waals surface area (Å²) in [7, 11) is 0. The topological polar surface area (TPSA) is 140 Å². The molecule has 0 aromatic rings. The predicted octanol–water partition coefficient (Wildman–Crippen LogP) is 0.218. The number of hydrogen-bond acceptors (Lipinski definition) is 9. The lowest BCUT2D eigenvalue weighted by atomic mass is 9.84. The molecule has 0 aromatic carbocycles. The fourth-order valence-corrected chi connectivity index (χ4v) is 2.82. The second-order valence-electron chi connectivity index (χ2n) is 6.59. The summed E-state index contributed by atoms with van der Waals surface area (Å²) in [6.07, 6.45) is -7.89. The van der Waals surface area contributed by atoms with Gasteiger partial charge in [0.25, 0.3) is 0 Å². The standard InChI is InChI=1S/C18H30O9/c1-4-7-10(19)25-16-13(22)14(23)17(26-11(20)8-5-2)18(15(16)24)27-12(21)9-6-3/h13-18,22-24H,4-9H2,1-3H3/t13-,14-,15-,16-,17+,18+/m0/s1. The SMILES string of the molecule is CCCC(=O)O[C@H]1[C@@H](O)[C@H](O)[C@@H](OC(=O)CCC)[C@H](OC(=O)CCC)[C@H]1O. The van der Waals surface area contributed by atoms with E-state index in [1.165, 1.54) is 0 Å². The third-order valence-electron chi connectivity index (χ3n) is 4.19. The Morgan fingerprint density at radius 3 is 1.26 bits per heavy atom. The molecule has 0 radical (unpaired) electrons. The van der Waals surface area contributed by atoms with Gasteiger partial charge in [0.05, 0.1) is 0 Å². The van der Waals surface area contributed by atoms with Gasteiger partial charge in [-0.15, -0.1) is 0 Å². The number of ether oxygens (including phenoxy) is 3. The largest absolute Gasteiger partial charge is 0.457 e. The molecule has 1 aliphatic rings. The third-order valence-corrected chi connectivity index (χ3v) is 4.19. The lowest BCUT2D eigenvalue weighted by molar-refractivity contribution is -0.247. The summed E-state index contributed by atoms with van der Waals surface area (Å²) >= 11 is 0. The van der Waals surface area contributed by atoms with Crippen LogP contribution < -0.4 is 0 Å². The van der Waals surface area contributed by atoms with E-state index in [1.54, 1.807) is 20.8 Å². The van der Waals surface area contributed by atoms with Crippen LogP contribution in [0.1, 0.15) is 59.3 Å². The van der Waals surface area contributed by atoms with Crippen LogP contribution in [0.25, 0.3) is 0 Å². The number of hydrogen-bond donors (Lipinski definition) is 3. The summed E-state index contributed by atoms with van der Waals surface area (Å²) < 4.78 is 15.4. The molecule has 0 heterocycles. The van der Waals surface area contributed by atoms with Crippen molar-refractivity contribution in [3.8, 4) is 0 Å². The van der Waals surface area contributed by atoms with E-state index in [2.05, 4.69) is 0 Å². The van der Waals surface area contributed by atoms with E-state index in [9.17, 15) is 29.7 Å². The van der Waals surface area contributed by atoms with E-state index in [0.29, 0.717) is 19.3 Å². The first-order valence-corrected chi connectivity index (χ1v) is 9.39. The lowest BCUT2D eigenvalue weighted by Crippen LogP contribution is -2.66. The second kappa shape index (κ2) is 11.2. The first-order valence-electron chi connectivity index (χ1n) is 9.39. The van der Waals surface area contributed by atoms with Crippen molar-refractivity contribution >= 4 is 17.9 Å². The van der Waals surface area contributed by atoms with Gasteiger partial charge in [0, 0.05) is 19.3 Å². The molecule has 0 saturated heterocycles. The van der Waals surface area contributed by atoms with Crippen LogP contribution in [-0.2, 0) is 28.6 Å². The molecular formula is C18H30O9. The number of rotatable bonds is 9. The Balaban J connectivity index is 3.05. The van der Waals surface area contributed by atoms with E-state index in [-0.39, 0.29) is 19.3 Å². The van der Waals surface area contributed by atoms with Crippen LogP contribution in [0.2, 0.25) is 0 Å². The smallest absolute Gasteiger partial charge is 0.306 e. The zero-order valence-corrected chi connectivity index (χ0v) is 16.0. The van der Waals surface area contributed by atoms with Crippen LogP contribution in [-0.4, -0.2) is 69.9 Å². The van der Waals surface area contributed by atoms with Crippen molar-refractivity contribution in [1.29, 1.82) is 0 Å². The van der Waals surface area contributed by atoms with Gasteiger partial charge in [-0.25, -0.2) is 0 Å². The minimum absolute atomic E-state index is 0.0534. The summed E-state index contributed by atoms with van der Waals surface area (Å²) in [6, 6.07) is 0. The first kappa shape index (κ1) is 23.3. The molecule has 0 spiro atoms. The minimum atomic E-state index is -1.71. The molecule has 1 rings (SSSR count). The summed E-state index contributed by atoms with van der Waals surface area (Å²) in [5, 5.41) is 31.2. The molecule has 1 fully saturated rings. The zero-order valence-electron chi connectivity index (χ0n) is 16.0. The van der Waals surface area contributed by atoms with Crippen molar-refractivity contribution in [1.82, 2.24) is 0 Å². The summed E-state index contributed by atoms with van der Waals surface area (Å²) in [5.74, 6) is -2.01. The Labute approximate surface area is 158 Å². The first-order chi connectivity index (χ1) is 12.8. The van der Waals surface area contributed by atoms with Crippen LogP contribution in [0, 0.1) is 0 Å². The molecule has 0 aliphatic heterocycles. The monoisotopic (exact) mass is 390 g/mol. The molecule has 156 valence electrons. The predicted molar refractivity (Wildman–Crippen MR) is 92.4 cm³/mol. The number of esters is 3. The number of aliphatic hydroxyl groups excluding tert-OH is 3. The Morgan fingerprint density at radius 1 is 0.593 bits per heavy atom. The highest BCUT2D eigenvalue weighted by atomic mass is 16.6. The fraction of sp³-hybridized carbons (Fsp3) is 0.833. The molecule has 9 nitrogen and oxygen atoms in total. The van der Waals surface area contributed by atoms with Crippen LogP contribution in [0.3, 0.4) is 0 Å². The van der Waals surface area contributed by atoms with Gasteiger partial charge in [-0.05, 0) is 19.3 Å². The highest BCUT2D eigenvalue weighted by Gasteiger charge is 2.54. The summed E-state index contributed by atoms with van der Waals surface area (Å²) in [5.41, 5.74) is 0. The van der Waals surface area contributed by atoms with Crippen LogP contribution in [0.15, 0.2) is 0 Å². The number of aliphatic hydroxyl groups is 3. The third kappa shape index (κ3) is 6.44. The molecule has 1 aliphatic carbocycles. The number of carbonyl (C=O) groups excluding carboxylic acids is 3.